The number of hydrogen-bond donors (Lipinski definition) is 2. The van der Waals surface area contributed by atoms with Gasteiger partial charge in [0.05, 0.1) is 29.6 Å². The molecule has 1 amide bonds. The van der Waals surface area contributed by atoms with Crippen molar-refractivity contribution in [3.8, 4) is 0 Å². The molecule has 1 aromatic heterocycles. The summed E-state index contributed by atoms with van der Waals surface area (Å²) in [6.45, 7) is 4.74. The van der Waals surface area contributed by atoms with Crippen LogP contribution in [0.2, 0.25) is 0 Å². The van der Waals surface area contributed by atoms with E-state index < -0.39 is 0 Å². The number of likely N-dealkylation sites (tertiary alicyclic amines) is 1. The number of piperidine rings is 1. The van der Waals surface area contributed by atoms with E-state index in [9.17, 15) is 4.79 Å². The number of amides is 1. The monoisotopic (exact) mass is 550 g/mol. The lowest BCUT2D eigenvalue weighted by Crippen LogP contribution is -2.40. The molecule has 38 heavy (non-hydrogen) atoms. The Hall–Kier alpha value is -3.21. The van der Waals surface area contributed by atoms with Crippen molar-refractivity contribution in [1.82, 2.24) is 9.88 Å². The fraction of sp³-hybridized carbons (Fsp3) is 0.393. The second-order valence-corrected chi connectivity index (χ2v) is 11.1. The van der Waals surface area contributed by atoms with E-state index in [1.54, 1.807) is 11.3 Å². The first-order valence-electron chi connectivity index (χ1n) is 13.0. The predicted molar refractivity (Wildman–Crippen MR) is 160 cm³/mol. The van der Waals surface area contributed by atoms with E-state index in [4.69, 9.17) is 21.9 Å². The Bertz CT molecular complexity index is 1250. The molecule has 0 unspecified atom stereocenters. The quantitative estimate of drug-likeness (QED) is 0.421. The standard InChI is InChI=1S/C28H34N6O2S2/c1-32(2)22-9-7-21(8-10-22)29-28(37)34-13-11-20(12-14-34)27-31-24(19-38-27)26(35)30-23-5-3-4-6-25(23)33-15-17-36-18-16-33/h3-10,19-20H,11-18H2,1-2H3,(H,29,37)(H,30,35). The van der Waals surface area contributed by atoms with Gasteiger partial charge in [-0.05, 0) is 61.5 Å². The second kappa shape index (κ2) is 12.1. The number of nitrogens with zero attached hydrogens (tertiary/aromatic N) is 4. The molecule has 0 aliphatic carbocycles. The van der Waals surface area contributed by atoms with Gasteiger partial charge in [-0.3, -0.25) is 4.79 Å². The summed E-state index contributed by atoms with van der Waals surface area (Å²) >= 11 is 7.26. The average Bonchev–Trinajstić information content (AvgIpc) is 3.45. The van der Waals surface area contributed by atoms with Crippen LogP contribution >= 0.6 is 23.6 Å². The lowest BCUT2D eigenvalue weighted by atomic mass is 9.98. The minimum atomic E-state index is -0.170. The zero-order valence-electron chi connectivity index (χ0n) is 21.9. The zero-order chi connectivity index (χ0) is 26.5. The third-order valence-electron chi connectivity index (χ3n) is 7.02. The highest BCUT2D eigenvalue weighted by atomic mass is 32.1. The van der Waals surface area contributed by atoms with Crippen LogP contribution in [-0.4, -0.2) is 74.4 Å². The molecule has 2 aliphatic heterocycles. The number of nitrogens with one attached hydrogen (secondary N) is 2. The van der Waals surface area contributed by atoms with Crippen LogP contribution in [-0.2, 0) is 4.74 Å². The van der Waals surface area contributed by atoms with Gasteiger partial charge in [0.15, 0.2) is 5.11 Å². The smallest absolute Gasteiger partial charge is 0.275 e. The number of hydrogen-bond acceptors (Lipinski definition) is 7. The van der Waals surface area contributed by atoms with Gasteiger partial charge in [-0.15, -0.1) is 11.3 Å². The van der Waals surface area contributed by atoms with Gasteiger partial charge < -0.3 is 30.1 Å². The molecule has 0 atom stereocenters. The summed E-state index contributed by atoms with van der Waals surface area (Å²) in [5.74, 6) is 0.164. The van der Waals surface area contributed by atoms with Crippen LogP contribution in [0.25, 0.3) is 0 Å². The summed E-state index contributed by atoms with van der Waals surface area (Å²) in [7, 11) is 4.06. The third kappa shape index (κ3) is 6.25. The summed E-state index contributed by atoms with van der Waals surface area (Å²) in [6.07, 6.45) is 1.91. The number of thiazole rings is 1. The summed E-state index contributed by atoms with van der Waals surface area (Å²) < 4.78 is 5.48. The molecule has 0 saturated carbocycles. The van der Waals surface area contributed by atoms with Gasteiger partial charge >= 0.3 is 0 Å². The number of carbonyl (C=O) groups excluding carboxylic acids is 1. The summed E-state index contributed by atoms with van der Waals surface area (Å²) in [6, 6.07) is 16.2. The summed E-state index contributed by atoms with van der Waals surface area (Å²) in [4.78, 5) is 24.3. The van der Waals surface area contributed by atoms with Crippen molar-refractivity contribution in [3.63, 3.8) is 0 Å². The van der Waals surface area contributed by atoms with Crippen molar-refractivity contribution >= 4 is 57.3 Å². The predicted octanol–water partition coefficient (Wildman–Crippen LogP) is 4.87. The highest BCUT2D eigenvalue weighted by molar-refractivity contribution is 7.80. The van der Waals surface area contributed by atoms with Crippen molar-refractivity contribution in [1.29, 1.82) is 0 Å². The van der Waals surface area contributed by atoms with Crippen LogP contribution < -0.4 is 20.4 Å². The molecule has 2 aliphatic rings. The highest BCUT2D eigenvalue weighted by Crippen LogP contribution is 2.32. The number of ether oxygens (including phenoxy) is 1. The third-order valence-corrected chi connectivity index (χ3v) is 8.39. The largest absolute Gasteiger partial charge is 0.378 e. The Morgan fingerprint density at radius 2 is 1.74 bits per heavy atom. The molecule has 200 valence electrons. The minimum Gasteiger partial charge on any atom is -0.378 e. The maximum atomic E-state index is 13.1. The molecular formula is C28H34N6O2S2. The lowest BCUT2D eigenvalue weighted by molar-refractivity contribution is 0.102. The van der Waals surface area contributed by atoms with Gasteiger partial charge in [0.2, 0.25) is 0 Å². The van der Waals surface area contributed by atoms with Crippen LogP contribution in [0.4, 0.5) is 22.7 Å². The SMILES string of the molecule is CN(C)c1ccc(NC(=S)N2CCC(c3nc(C(=O)Nc4ccccc4N4CCOCC4)cs3)CC2)cc1. The molecule has 0 radical (unpaired) electrons. The average molecular weight is 551 g/mol. The molecule has 2 saturated heterocycles. The molecule has 0 spiro atoms. The number of aromatic nitrogens is 1. The number of morpholine rings is 1. The van der Waals surface area contributed by atoms with E-state index in [1.807, 2.05) is 43.7 Å². The molecule has 5 rings (SSSR count). The van der Waals surface area contributed by atoms with Crippen molar-refractivity contribution in [2.24, 2.45) is 0 Å². The fourth-order valence-corrected chi connectivity index (χ4v) is 6.07. The molecule has 2 aromatic carbocycles. The number of carbonyl (C=O) groups is 1. The first-order chi connectivity index (χ1) is 18.5. The molecule has 10 heteroatoms. The van der Waals surface area contributed by atoms with Gasteiger partial charge in [-0.2, -0.15) is 0 Å². The number of benzene rings is 2. The first kappa shape index (κ1) is 26.4. The van der Waals surface area contributed by atoms with Crippen LogP contribution in [0.5, 0.6) is 0 Å². The fourth-order valence-electron chi connectivity index (χ4n) is 4.80. The summed E-state index contributed by atoms with van der Waals surface area (Å²) in [5, 5.41) is 10.1. The van der Waals surface area contributed by atoms with Crippen LogP contribution in [0, 0.1) is 0 Å². The van der Waals surface area contributed by atoms with E-state index in [2.05, 4.69) is 49.6 Å². The van der Waals surface area contributed by atoms with Gasteiger partial charge in [0, 0.05) is 62.9 Å². The molecule has 3 heterocycles. The van der Waals surface area contributed by atoms with Crippen molar-refractivity contribution in [2.45, 2.75) is 18.8 Å². The summed E-state index contributed by atoms with van der Waals surface area (Å²) in [5.41, 5.74) is 4.45. The molecule has 0 bridgehead atoms. The molecule has 2 N–H and O–H groups in total. The Morgan fingerprint density at radius 3 is 2.45 bits per heavy atom. The number of thiocarbonyl (C=S) groups is 1. The Balaban J connectivity index is 1.15. The van der Waals surface area contributed by atoms with Gasteiger partial charge in [0.25, 0.3) is 5.91 Å². The Kier molecular flexibility index (Phi) is 8.41. The maximum Gasteiger partial charge on any atom is 0.275 e. The highest BCUT2D eigenvalue weighted by Gasteiger charge is 2.26. The molecular weight excluding hydrogens is 516 g/mol. The maximum absolute atomic E-state index is 13.1. The van der Waals surface area contributed by atoms with Crippen molar-refractivity contribution in [2.75, 3.05) is 73.9 Å². The molecule has 2 fully saturated rings. The lowest BCUT2D eigenvalue weighted by Gasteiger charge is -2.33. The topological polar surface area (TPSA) is 73.0 Å². The van der Waals surface area contributed by atoms with E-state index in [0.29, 0.717) is 24.8 Å². The van der Waals surface area contributed by atoms with Crippen molar-refractivity contribution in [3.05, 3.63) is 64.6 Å². The normalized spacial score (nSPS) is 16.3. The van der Waals surface area contributed by atoms with E-state index >= 15 is 0 Å². The van der Waals surface area contributed by atoms with Crippen LogP contribution in [0.15, 0.2) is 53.9 Å². The Morgan fingerprint density at radius 1 is 1.03 bits per heavy atom. The second-order valence-electron chi connectivity index (χ2n) is 9.77. The van der Waals surface area contributed by atoms with E-state index in [1.165, 1.54) is 0 Å². The minimum absolute atomic E-state index is 0.170. The number of rotatable bonds is 6. The van der Waals surface area contributed by atoms with Crippen molar-refractivity contribution < 1.29 is 9.53 Å². The molecule has 8 nitrogen and oxygen atoms in total. The number of para-hydroxylation sites is 2. The molecule has 3 aromatic rings. The van der Waals surface area contributed by atoms with Gasteiger partial charge in [-0.1, -0.05) is 12.1 Å². The van der Waals surface area contributed by atoms with E-state index in [0.717, 1.165) is 71.9 Å². The van der Waals surface area contributed by atoms with Crippen LogP contribution in [0.3, 0.4) is 0 Å². The number of anilines is 4. The van der Waals surface area contributed by atoms with Gasteiger partial charge in [0.1, 0.15) is 5.69 Å². The Labute approximate surface area is 233 Å². The first-order valence-corrected chi connectivity index (χ1v) is 14.3. The zero-order valence-corrected chi connectivity index (χ0v) is 23.5. The van der Waals surface area contributed by atoms with Gasteiger partial charge in [-0.25, -0.2) is 4.98 Å². The van der Waals surface area contributed by atoms with Crippen LogP contribution in [0.1, 0.15) is 34.3 Å². The van der Waals surface area contributed by atoms with E-state index in [-0.39, 0.29) is 5.91 Å².